The summed E-state index contributed by atoms with van der Waals surface area (Å²) < 4.78 is 5.40. The van der Waals surface area contributed by atoms with Gasteiger partial charge in [0, 0.05) is 64.8 Å². The Kier molecular flexibility index (Phi) is 9.14. The monoisotopic (exact) mass is 459 g/mol. The largest absolute Gasteiger partial charge is 0.378 e. The number of morpholine rings is 1. The Balaban J connectivity index is 1.11. The second-order valence-corrected chi connectivity index (χ2v) is 9.44. The van der Waals surface area contributed by atoms with Crippen molar-refractivity contribution in [3.05, 3.63) is 12.1 Å². The maximum absolute atomic E-state index is 12.6. The number of amides is 1. The number of piperidine rings is 1. The van der Waals surface area contributed by atoms with Crippen LogP contribution in [0.2, 0.25) is 0 Å². The van der Waals surface area contributed by atoms with Crippen LogP contribution >= 0.6 is 0 Å². The topological polar surface area (TPSA) is 77.1 Å². The van der Waals surface area contributed by atoms with E-state index >= 15 is 0 Å². The Labute approximate surface area is 198 Å². The average Bonchev–Trinajstić information content (AvgIpc) is 2.88. The molecule has 0 atom stereocenters. The summed E-state index contributed by atoms with van der Waals surface area (Å²) in [4.78, 5) is 22.2. The Hall–Kier alpha value is -1.97. The Morgan fingerprint density at radius 1 is 0.909 bits per heavy atom. The van der Waals surface area contributed by atoms with E-state index in [2.05, 4.69) is 54.2 Å². The summed E-state index contributed by atoms with van der Waals surface area (Å²) in [5.41, 5.74) is 0. The average molecular weight is 460 g/mol. The molecule has 3 aliphatic rings. The highest BCUT2D eigenvalue weighted by Gasteiger charge is 2.26. The minimum absolute atomic E-state index is 0.111. The van der Waals surface area contributed by atoms with Gasteiger partial charge in [0.15, 0.2) is 11.6 Å². The van der Waals surface area contributed by atoms with Crippen molar-refractivity contribution in [2.24, 2.45) is 5.92 Å². The molecular weight excluding hydrogens is 418 g/mol. The molecule has 184 valence electrons. The fraction of sp³-hybridized carbons (Fsp3) is 0.792. The van der Waals surface area contributed by atoms with E-state index in [1.165, 1.54) is 26.1 Å². The van der Waals surface area contributed by atoms with Crippen molar-refractivity contribution in [2.75, 3.05) is 95.0 Å². The smallest absolute Gasteiger partial charge is 0.223 e. The number of rotatable bonds is 9. The van der Waals surface area contributed by atoms with Gasteiger partial charge >= 0.3 is 0 Å². The van der Waals surface area contributed by atoms with Crippen LogP contribution in [0.15, 0.2) is 12.1 Å². The first-order valence-electron chi connectivity index (χ1n) is 12.9. The van der Waals surface area contributed by atoms with Crippen molar-refractivity contribution < 1.29 is 9.53 Å². The summed E-state index contributed by atoms with van der Waals surface area (Å²) in [7, 11) is 0. The lowest BCUT2D eigenvalue weighted by molar-refractivity contribution is -0.125. The standard InChI is InChI=1S/C24H41N7O2/c1-2-9-28-13-15-29(16-14-28)10-3-8-25-24(32)21-6-11-30(12-7-21)22-4-5-23(27-26-22)31-17-19-33-20-18-31/h4-5,21H,2-3,6-20H2,1H3,(H,25,32). The van der Waals surface area contributed by atoms with Crippen molar-refractivity contribution >= 4 is 17.5 Å². The highest BCUT2D eigenvalue weighted by Crippen LogP contribution is 2.23. The lowest BCUT2D eigenvalue weighted by atomic mass is 9.96. The minimum Gasteiger partial charge on any atom is -0.378 e. The number of anilines is 2. The van der Waals surface area contributed by atoms with E-state index in [1.54, 1.807) is 0 Å². The molecule has 3 fully saturated rings. The van der Waals surface area contributed by atoms with Crippen LogP contribution in [0, 0.1) is 5.92 Å². The van der Waals surface area contributed by atoms with Crippen molar-refractivity contribution in [3.8, 4) is 0 Å². The number of piperazine rings is 1. The van der Waals surface area contributed by atoms with Crippen LogP contribution in [0.4, 0.5) is 11.6 Å². The van der Waals surface area contributed by atoms with Crippen LogP contribution in [0.1, 0.15) is 32.6 Å². The predicted molar refractivity (Wildman–Crippen MR) is 131 cm³/mol. The predicted octanol–water partition coefficient (Wildman–Crippen LogP) is 1.06. The van der Waals surface area contributed by atoms with Crippen LogP contribution in [-0.4, -0.2) is 111 Å². The van der Waals surface area contributed by atoms with Gasteiger partial charge in [-0.05, 0) is 50.9 Å². The number of carbonyl (C=O) groups is 1. The first-order chi connectivity index (χ1) is 16.2. The maximum Gasteiger partial charge on any atom is 0.223 e. The molecular formula is C24H41N7O2. The summed E-state index contributed by atoms with van der Waals surface area (Å²) >= 11 is 0. The maximum atomic E-state index is 12.6. The molecule has 1 aromatic heterocycles. The van der Waals surface area contributed by atoms with Gasteiger partial charge < -0.3 is 29.7 Å². The summed E-state index contributed by atoms with van der Waals surface area (Å²) in [6.45, 7) is 14.9. The van der Waals surface area contributed by atoms with Gasteiger partial charge in [-0.2, -0.15) is 0 Å². The third-order valence-corrected chi connectivity index (χ3v) is 7.12. The molecule has 9 nitrogen and oxygen atoms in total. The van der Waals surface area contributed by atoms with Gasteiger partial charge in [-0.25, -0.2) is 0 Å². The first kappa shape index (κ1) is 24.2. The Morgan fingerprint density at radius 3 is 2.06 bits per heavy atom. The fourth-order valence-corrected chi connectivity index (χ4v) is 5.03. The van der Waals surface area contributed by atoms with Gasteiger partial charge in [-0.15, -0.1) is 10.2 Å². The first-order valence-corrected chi connectivity index (χ1v) is 12.9. The lowest BCUT2D eigenvalue weighted by Gasteiger charge is -2.34. The Morgan fingerprint density at radius 2 is 1.48 bits per heavy atom. The van der Waals surface area contributed by atoms with Crippen LogP contribution in [0.25, 0.3) is 0 Å². The van der Waals surface area contributed by atoms with Crippen LogP contribution in [0.5, 0.6) is 0 Å². The summed E-state index contributed by atoms with van der Waals surface area (Å²) in [6.07, 6.45) is 4.01. The van der Waals surface area contributed by atoms with E-state index in [-0.39, 0.29) is 11.8 Å². The molecule has 1 amide bonds. The zero-order valence-electron chi connectivity index (χ0n) is 20.3. The van der Waals surface area contributed by atoms with Crippen LogP contribution in [0.3, 0.4) is 0 Å². The summed E-state index contributed by atoms with van der Waals surface area (Å²) in [6, 6.07) is 4.11. The number of hydrogen-bond acceptors (Lipinski definition) is 8. The number of carbonyl (C=O) groups excluding carboxylic acids is 1. The number of hydrogen-bond donors (Lipinski definition) is 1. The molecule has 0 bridgehead atoms. The second kappa shape index (κ2) is 12.5. The highest BCUT2D eigenvalue weighted by atomic mass is 16.5. The molecule has 0 unspecified atom stereocenters. The van der Waals surface area contributed by atoms with Gasteiger partial charge in [0.2, 0.25) is 5.91 Å². The number of aromatic nitrogens is 2. The van der Waals surface area contributed by atoms with Crippen molar-refractivity contribution in [3.63, 3.8) is 0 Å². The molecule has 4 rings (SSSR count). The fourth-order valence-electron chi connectivity index (χ4n) is 5.03. The summed E-state index contributed by atoms with van der Waals surface area (Å²) in [5, 5.41) is 12.1. The van der Waals surface area contributed by atoms with E-state index in [0.29, 0.717) is 0 Å². The highest BCUT2D eigenvalue weighted by molar-refractivity contribution is 5.78. The van der Waals surface area contributed by atoms with Gasteiger partial charge in [-0.1, -0.05) is 6.92 Å². The lowest BCUT2D eigenvalue weighted by Crippen LogP contribution is -2.47. The molecule has 0 saturated carbocycles. The van der Waals surface area contributed by atoms with E-state index < -0.39 is 0 Å². The second-order valence-electron chi connectivity index (χ2n) is 9.44. The van der Waals surface area contributed by atoms with E-state index in [0.717, 1.165) is 96.5 Å². The van der Waals surface area contributed by atoms with Gasteiger partial charge in [0.05, 0.1) is 13.2 Å². The normalized spacial score (nSPS) is 21.4. The zero-order valence-corrected chi connectivity index (χ0v) is 20.3. The van der Waals surface area contributed by atoms with E-state index in [1.807, 2.05) is 0 Å². The molecule has 1 N–H and O–H groups in total. The zero-order chi connectivity index (χ0) is 22.9. The van der Waals surface area contributed by atoms with Gasteiger partial charge in [0.25, 0.3) is 0 Å². The molecule has 33 heavy (non-hydrogen) atoms. The third kappa shape index (κ3) is 7.01. The van der Waals surface area contributed by atoms with Gasteiger partial charge in [-0.3, -0.25) is 4.79 Å². The van der Waals surface area contributed by atoms with Crippen LogP contribution < -0.4 is 15.1 Å². The molecule has 9 heteroatoms. The number of nitrogens with one attached hydrogen (secondary N) is 1. The SMILES string of the molecule is CCCN1CCN(CCCNC(=O)C2CCN(c3ccc(N4CCOCC4)nn3)CC2)CC1. The van der Waals surface area contributed by atoms with Gasteiger partial charge in [0.1, 0.15) is 0 Å². The molecule has 3 aliphatic heterocycles. The Bertz CT molecular complexity index is 710. The molecule has 1 aromatic rings. The molecule has 3 saturated heterocycles. The van der Waals surface area contributed by atoms with E-state index in [4.69, 9.17) is 4.74 Å². The van der Waals surface area contributed by atoms with Crippen LogP contribution in [-0.2, 0) is 9.53 Å². The van der Waals surface area contributed by atoms with Crippen molar-refractivity contribution in [1.29, 1.82) is 0 Å². The number of nitrogens with zero attached hydrogens (tertiary/aromatic N) is 6. The molecule has 0 radical (unpaired) electrons. The van der Waals surface area contributed by atoms with E-state index in [9.17, 15) is 4.79 Å². The molecule has 0 aliphatic carbocycles. The molecule has 0 aromatic carbocycles. The molecule has 4 heterocycles. The quantitative estimate of drug-likeness (QED) is 0.550. The minimum atomic E-state index is 0.111. The third-order valence-electron chi connectivity index (χ3n) is 7.12. The summed E-state index contributed by atoms with van der Waals surface area (Å²) in [5.74, 6) is 2.15. The van der Waals surface area contributed by atoms with Crippen molar-refractivity contribution in [1.82, 2.24) is 25.3 Å². The number of ether oxygens (including phenoxy) is 1. The molecule has 0 spiro atoms. The van der Waals surface area contributed by atoms with Crippen molar-refractivity contribution in [2.45, 2.75) is 32.6 Å².